The minimum atomic E-state index is -3.84. The molecule has 0 aliphatic heterocycles. The molecule has 0 bridgehead atoms. The molecule has 0 spiro atoms. The van der Waals surface area contributed by atoms with Gasteiger partial charge in [0.25, 0.3) is 15.9 Å². The van der Waals surface area contributed by atoms with Crippen molar-refractivity contribution in [1.82, 2.24) is 9.97 Å². The van der Waals surface area contributed by atoms with Crippen LogP contribution in [-0.2, 0) is 10.0 Å². The van der Waals surface area contributed by atoms with Crippen molar-refractivity contribution in [2.75, 3.05) is 10.0 Å². The number of aromatic nitrogens is 2. The highest BCUT2D eigenvalue weighted by molar-refractivity contribution is 7.92. The van der Waals surface area contributed by atoms with Crippen molar-refractivity contribution in [3.05, 3.63) is 89.6 Å². The van der Waals surface area contributed by atoms with Crippen molar-refractivity contribution >= 4 is 38.1 Å². The van der Waals surface area contributed by atoms with Crippen LogP contribution in [0.25, 0.3) is 11.3 Å². The molecule has 0 fully saturated rings. The third-order valence-electron chi connectivity index (χ3n) is 4.39. The molecule has 2 N–H and O–H groups in total. The lowest BCUT2D eigenvalue weighted by molar-refractivity contribution is 0.102. The van der Waals surface area contributed by atoms with Crippen molar-refractivity contribution < 1.29 is 13.2 Å². The van der Waals surface area contributed by atoms with Gasteiger partial charge in [-0.25, -0.2) is 13.4 Å². The SMILES string of the molecule is Cc1ccc(NS(=O)(=O)c2cccc(C(=O)Nc3nc(-c4cccnc4)cs3)c2)cc1. The fourth-order valence-corrected chi connectivity index (χ4v) is 4.61. The second-order valence-electron chi connectivity index (χ2n) is 6.73. The van der Waals surface area contributed by atoms with Crippen LogP contribution in [0.1, 0.15) is 15.9 Å². The van der Waals surface area contributed by atoms with Crippen LogP contribution < -0.4 is 10.0 Å². The molecule has 0 atom stereocenters. The molecule has 0 radical (unpaired) electrons. The van der Waals surface area contributed by atoms with E-state index in [2.05, 4.69) is 20.0 Å². The maximum atomic E-state index is 12.7. The first-order valence-electron chi connectivity index (χ1n) is 9.27. The molecule has 4 aromatic rings. The first-order chi connectivity index (χ1) is 14.9. The summed E-state index contributed by atoms with van der Waals surface area (Å²) >= 11 is 1.28. The van der Waals surface area contributed by atoms with E-state index in [9.17, 15) is 13.2 Å². The van der Waals surface area contributed by atoms with Crippen molar-refractivity contribution in [3.8, 4) is 11.3 Å². The molecule has 156 valence electrons. The van der Waals surface area contributed by atoms with E-state index in [1.165, 1.54) is 29.5 Å². The summed E-state index contributed by atoms with van der Waals surface area (Å²) in [6.07, 6.45) is 3.36. The van der Waals surface area contributed by atoms with E-state index in [4.69, 9.17) is 0 Å². The minimum Gasteiger partial charge on any atom is -0.298 e. The number of rotatable bonds is 6. The van der Waals surface area contributed by atoms with E-state index in [0.717, 1.165) is 11.1 Å². The molecule has 9 heteroatoms. The molecule has 2 heterocycles. The second-order valence-corrected chi connectivity index (χ2v) is 9.27. The Bertz CT molecular complexity index is 1320. The summed E-state index contributed by atoms with van der Waals surface area (Å²) in [6, 6.07) is 16.5. The predicted octanol–water partition coefficient (Wildman–Crippen LogP) is 4.57. The van der Waals surface area contributed by atoms with E-state index in [0.29, 0.717) is 16.5 Å². The highest BCUT2D eigenvalue weighted by Gasteiger charge is 2.17. The molecule has 0 aliphatic rings. The van der Waals surface area contributed by atoms with Crippen LogP contribution in [0, 0.1) is 6.92 Å². The molecular formula is C22H18N4O3S2. The number of sulfonamides is 1. The number of thiazole rings is 1. The first-order valence-corrected chi connectivity index (χ1v) is 11.6. The zero-order valence-electron chi connectivity index (χ0n) is 16.4. The molecule has 0 saturated heterocycles. The Morgan fingerprint density at radius 1 is 1.03 bits per heavy atom. The Labute approximate surface area is 183 Å². The Hall–Kier alpha value is -3.56. The van der Waals surface area contributed by atoms with E-state index in [1.54, 1.807) is 30.6 Å². The average molecular weight is 451 g/mol. The normalized spacial score (nSPS) is 11.1. The van der Waals surface area contributed by atoms with Crippen LogP contribution in [0.4, 0.5) is 10.8 Å². The third-order valence-corrected chi connectivity index (χ3v) is 6.53. The molecule has 31 heavy (non-hydrogen) atoms. The molecule has 0 unspecified atom stereocenters. The number of hydrogen-bond donors (Lipinski definition) is 2. The van der Waals surface area contributed by atoms with Gasteiger partial charge in [-0.1, -0.05) is 23.8 Å². The number of hydrogen-bond acceptors (Lipinski definition) is 6. The van der Waals surface area contributed by atoms with Crippen LogP contribution in [0.2, 0.25) is 0 Å². The maximum absolute atomic E-state index is 12.7. The van der Waals surface area contributed by atoms with Crippen LogP contribution in [0.15, 0.2) is 83.3 Å². The lowest BCUT2D eigenvalue weighted by atomic mass is 10.2. The monoisotopic (exact) mass is 450 g/mol. The van der Waals surface area contributed by atoms with Gasteiger partial charge in [0.1, 0.15) is 0 Å². The van der Waals surface area contributed by atoms with Gasteiger partial charge < -0.3 is 0 Å². The van der Waals surface area contributed by atoms with Gasteiger partial charge in [-0.05, 0) is 49.4 Å². The lowest BCUT2D eigenvalue weighted by Crippen LogP contribution is -2.16. The Morgan fingerprint density at radius 3 is 2.58 bits per heavy atom. The van der Waals surface area contributed by atoms with Gasteiger partial charge in [0, 0.05) is 34.6 Å². The summed E-state index contributed by atoms with van der Waals surface area (Å²) < 4.78 is 28.0. The van der Waals surface area contributed by atoms with E-state index in [-0.39, 0.29) is 10.5 Å². The van der Waals surface area contributed by atoms with Crippen molar-refractivity contribution in [3.63, 3.8) is 0 Å². The number of anilines is 2. The molecule has 1 amide bonds. The van der Waals surface area contributed by atoms with Crippen molar-refractivity contribution in [2.24, 2.45) is 0 Å². The fraction of sp³-hybridized carbons (Fsp3) is 0.0455. The van der Waals surface area contributed by atoms with Crippen LogP contribution in [0.3, 0.4) is 0 Å². The molecule has 2 aromatic carbocycles. The van der Waals surface area contributed by atoms with Crippen molar-refractivity contribution in [1.29, 1.82) is 0 Å². The summed E-state index contributed by atoms with van der Waals surface area (Å²) in [5, 5.41) is 4.95. The Balaban J connectivity index is 1.50. The quantitative estimate of drug-likeness (QED) is 0.448. The number of nitrogens with zero attached hydrogens (tertiary/aromatic N) is 2. The largest absolute Gasteiger partial charge is 0.298 e. The molecule has 4 rings (SSSR count). The average Bonchev–Trinajstić information content (AvgIpc) is 3.24. The summed E-state index contributed by atoms with van der Waals surface area (Å²) in [4.78, 5) is 21.1. The standard InChI is InChI=1S/C22H18N4O3S2/c1-15-7-9-18(10-8-15)26-31(28,29)19-6-2-4-16(12-19)21(27)25-22-24-20(14-30-22)17-5-3-11-23-13-17/h2-14,26H,1H3,(H,24,25,27). The number of amides is 1. The summed E-state index contributed by atoms with van der Waals surface area (Å²) in [5.74, 6) is -0.445. The van der Waals surface area contributed by atoms with Crippen LogP contribution >= 0.6 is 11.3 Å². The van der Waals surface area contributed by atoms with Gasteiger partial charge in [0.15, 0.2) is 5.13 Å². The van der Waals surface area contributed by atoms with Gasteiger partial charge in [0.05, 0.1) is 10.6 Å². The number of carbonyl (C=O) groups excluding carboxylic acids is 1. The number of pyridine rings is 1. The topological polar surface area (TPSA) is 101 Å². The van der Waals surface area contributed by atoms with Gasteiger partial charge in [-0.15, -0.1) is 11.3 Å². The summed E-state index contributed by atoms with van der Waals surface area (Å²) in [6.45, 7) is 1.92. The third kappa shape index (κ3) is 4.96. The van der Waals surface area contributed by atoms with Crippen LogP contribution in [0.5, 0.6) is 0 Å². The van der Waals surface area contributed by atoms with E-state index in [1.807, 2.05) is 36.6 Å². The van der Waals surface area contributed by atoms with Crippen LogP contribution in [-0.4, -0.2) is 24.3 Å². The summed E-state index contributed by atoms with van der Waals surface area (Å²) in [7, 11) is -3.84. The maximum Gasteiger partial charge on any atom is 0.261 e. The molecular weight excluding hydrogens is 432 g/mol. The fourth-order valence-electron chi connectivity index (χ4n) is 2.79. The Kier molecular flexibility index (Phi) is 5.79. The van der Waals surface area contributed by atoms with Gasteiger partial charge in [-0.3, -0.25) is 19.8 Å². The number of benzene rings is 2. The lowest BCUT2D eigenvalue weighted by Gasteiger charge is -2.09. The van der Waals surface area contributed by atoms with E-state index >= 15 is 0 Å². The van der Waals surface area contributed by atoms with Crippen molar-refractivity contribution in [2.45, 2.75) is 11.8 Å². The second kappa shape index (κ2) is 8.66. The highest BCUT2D eigenvalue weighted by atomic mass is 32.2. The van der Waals surface area contributed by atoms with E-state index < -0.39 is 15.9 Å². The van der Waals surface area contributed by atoms with Gasteiger partial charge >= 0.3 is 0 Å². The smallest absolute Gasteiger partial charge is 0.261 e. The minimum absolute atomic E-state index is 0.00378. The van der Waals surface area contributed by atoms with Gasteiger partial charge in [-0.2, -0.15) is 0 Å². The number of aryl methyl sites for hydroxylation is 1. The highest BCUT2D eigenvalue weighted by Crippen LogP contribution is 2.25. The van der Waals surface area contributed by atoms with Gasteiger partial charge in [0.2, 0.25) is 0 Å². The number of nitrogens with one attached hydrogen (secondary N) is 2. The predicted molar refractivity (Wildman–Crippen MR) is 122 cm³/mol. The Morgan fingerprint density at radius 2 is 1.84 bits per heavy atom. The molecule has 0 aliphatic carbocycles. The zero-order valence-corrected chi connectivity index (χ0v) is 18.1. The summed E-state index contributed by atoms with van der Waals surface area (Å²) in [5.41, 5.74) is 3.23. The molecule has 2 aromatic heterocycles. The molecule has 0 saturated carbocycles. The number of carbonyl (C=O) groups is 1. The zero-order chi connectivity index (χ0) is 21.8. The molecule has 7 nitrogen and oxygen atoms in total. The first kappa shape index (κ1) is 20.7.